The van der Waals surface area contributed by atoms with Crippen LogP contribution in [0.3, 0.4) is 0 Å². The van der Waals surface area contributed by atoms with Gasteiger partial charge in [-0.2, -0.15) is 0 Å². The quantitative estimate of drug-likeness (QED) is 0.776. The van der Waals surface area contributed by atoms with Crippen LogP contribution in [0.1, 0.15) is 18.1 Å². The Kier molecular flexibility index (Phi) is 5.99. The van der Waals surface area contributed by atoms with Gasteiger partial charge in [0.15, 0.2) is 0 Å². The van der Waals surface area contributed by atoms with Gasteiger partial charge in [0.1, 0.15) is 19.8 Å². The maximum absolute atomic E-state index is 12.8. The van der Waals surface area contributed by atoms with Gasteiger partial charge >= 0.3 is 0 Å². The summed E-state index contributed by atoms with van der Waals surface area (Å²) in [4.78, 5) is 41.7. The van der Waals surface area contributed by atoms with Gasteiger partial charge in [-0.05, 0) is 30.2 Å². The molecule has 0 radical (unpaired) electrons. The lowest BCUT2D eigenvalue weighted by Crippen LogP contribution is -2.41. The summed E-state index contributed by atoms with van der Waals surface area (Å²) >= 11 is 6.16. The first kappa shape index (κ1) is 19.9. The largest absolute Gasteiger partial charge is 0.329 e. The lowest BCUT2D eigenvalue weighted by Gasteiger charge is -2.24. The van der Waals surface area contributed by atoms with Gasteiger partial charge in [-0.25, -0.2) is 0 Å². The number of halogens is 1. The summed E-state index contributed by atoms with van der Waals surface area (Å²) in [5.41, 5.74) is 2.43. The molecule has 0 atom stereocenters. The van der Waals surface area contributed by atoms with Gasteiger partial charge in [-0.15, -0.1) is 0 Å². The molecule has 0 N–H and O–H groups in total. The van der Waals surface area contributed by atoms with Crippen molar-refractivity contribution in [1.29, 1.82) is 0 Å². The van der Waals surface area contributed by atoms with Gasteiger partial charge in [0.05, 0.1) is 0 Å². The molecule has 0 aliphatic carbocycles. The third-order valence-corrected chi connectivity index (χ3v) is 5.22. The van der Waals surface area contributed by atoms with Crippen LogP contribution in [-0.4, -0.2) is 47.3 Å². The maximum atomic E-state index is 12.8. The second kappa shape index (κ2) is 8.44. The van der Waals surface area contributed by atoms with Crippen molar-refractivity contribution in [2.45, 2.75) is 20.4 Å². The highest BCUT2D eigenvalue weighted by Crippen LogP contribution is 2.28. The van der Waals surface area contributed by atoms with Gasteiger partial charge in [0.25, 0.3) is 0 Å². The fourth-order valence-corrected chi connectivity index (χ4v) is 3.33. The molecule has 7 heteroatoms. The second-order valence-electron chi connectivity index (χ2n) is 6.80. The van der Waals surface area contributed by atoms with Gasteiger partial charge in [-0.3, -0.25) is 19.3 Å². The zero-order valence-electron chi connectivity index (χ0n) is 15.9. The molecule has 28 heavy (non-hydrogen) atoms. The van der Waals surface area contributed by atoms with Crippen LogP contribution < -0.4 is 4.90 Å². The highest BCUT2D eigenvalue weighted by Gasteiger charge is 2.33. The normalized spacial score (nSPS) is 13.8. The summed E-state index contributed by atoms with van der Waals surface area (Å²) < 4.78 is 0. The summed E-state index contributed by atoms with van der Waals surface area (Å²) in [5, 5.41) is 0.570. The highest BCUT2D eigenvalue weighted by atomic mass is 35.5. The molecule has 2 aromatic carbocycles. The summed E-state index contributed by atoms with van der Waals surface area (Å²) in [6.45, 7) is 3.69. The summed E-state index contributed by atoms with van der Waals surface area (Å²) in [5.74, 6) is -0.622. The monoisotopic (exact) mass is 399 g/mol. The molecule has 0 saturated carbocycles. The van der Waals surface area contributed by atoms with E-state index in [1.165, 1.54) is 16.7 Å². The highest BCUT2D eigenvalue weighted by molar-refractivity contribution is 6.31. The Morgan fingerprint density at radius 3 is 2.50 bits per heavy atom. The number of carbonyl (C=O) groups excluding carboxylic acids is 3. The van der Waals surface area contributed by atoms with E-state index in [1.54, 1.807) is 17.0 Å². The Balaban J connectivity index is 1.69. The third kappa shape index (κ3) is 4.34. The standard InChI is InChI=1S/C21H22ClN3O3/c1-15-18(22)9-6-10-19(15)25-14-24(13-21(25)28)20(27)12-23(16(2)26)11-17-7-4-3-5-8-17/h3-10H,11-14H2,1-2H3. The van der Waals surface area contributed by atoms with Crippen molar-refractivity contribution in [2.24, 2.45) is 0 Å². The van der Waals surface area contributed by atoms with E-state index in [1.807, 2.05) is 43.3 Å². The fraction of sp³-hybridized carbons (Fsp3) is 0.286. The van der Waals surface area contributed by atoms with E-state index < -0.39 is 0 Å². The SMILES string of the molecule is CC(=O)N(CC(=O)N1CC(=O)N(c2cccc(Cl)c2C)C1)Cc1ccccc1. The van der Waals surface area contributed by atoms with E-state index in [2.05, 4.69) is 0 Å². The van der Waals surface area contributed by atoms with Gasteiger partial charge in [-0.1, -0.05) is 48.0 Å². The van der Waals surface area contributed by atoms with Crippen molar-refractivity contribution >= 4 is 35.0 Å². The number of anilines is 1. The molecular weight excluding hydrogens is 378 g/mol. The van der Waals surface area contributed by atoms with E-state index in [0.717, 1.165) is 11.1 Å². The number of hydrogen-bond acceptors (Lipinski definition) is 3. The molecule has 0 unspecified atom stereocenters. The first-order valence-corrected chi connectivity index (χ1v) is 9.37. The van der Waals surface area contributed by atoms with E-state index in [0.29, 0.717) is 17.3 Å². The Hall–Kier alpha value is -2.86. The average Bonchev–Trinajstić information content (AvgIpc) is 3.06. The minimum absolute atomic E-state index is 0.0120. The van der Waals surface area contributed by atoms with Crippen LogP contribution in [0.4, 0.5) is 5.69 Å². The molecule has 1 aliphatic rings. The van der Waals surface area contributed by atoms with Crippen LogP contribution in [0, 0.1) is 6.92 Å². The average molecular weight is 400 g/mol. The first-order chi connectivity index (χ1) is 13.4. The third-order valence-electron chi connectivity index (χ3n) is 4.81. The summed E-state index contributed by atoms with van der Waals surface area (Å²) in [6, 6.07) is 14.8. The topological polar surface area (TPSA) is 60.9 Å². The molecule has 2 aromatic rings. The second-order valence-corrected chi connectivity index (χ2v) is 7.21. The predicted molar refractivity (Wildman–Crippen MR) is 108 cm³/mol. The zero-order chi connectivity index (χ0) is 20.3. The predicted octanol–water partition coefficient (Wildman–Crippen LogP) is 2.83. The lowest BCUT2D eigenvalue weighted by atomic mass is 10.2. The molecule has 1 aliphatic heterocycles. The Labute approximate surface area is 169 Å². The molecular formula is C21H22ClN3O3. The fourth-order valence-electron chi connectivity index (χ4n) is 3.16. The number of amides is 3. The smallest absolute Gasteiger partial charge is 0.248 e. The first-order valence-electron chi connectivity index (χ1n) is 8.99. The number of carbonyl (C=O) groups is 3. The summed E-state index contributed by atoms with van der Waals surface area (Å²) in [7, 11) is 0. The van der Waals surface area contributed by atoms with Crippen molar-refractivity contribution in [1.82, 2.24) is 9.80 Å². The minimum Gasteiger partial charge on any atom is -0.329 e. The molecule has 1 fully saturated rings. The molecule has 0 bridgehead atoms. The van der Waals surface area contributed by atoms with Crippen molar-refractivity contribution in [3.05, 3.63) is 64.7 Å². The number of benzene rings is 2. The molecule has 0 spiro atoms. The molecule has 3 amide bonds. The Morgan fingerprint density at radius 1 is 1.11 bits per heavy atom. The molecule has 3 rings (SSSR count). The molecule has 0 aromatic heterocycles. The summed E-state index contributed by atoms with van der Waals surface area (Å²) in [6.07, 6.45) is 0. The minimum atomic E-state index is -0.262. The van der Waals surface area contributed by atoms with Gasteiger partial charge in [0.2, 0.25) is 17.7 Å². The van der Waals surface area contributed by atoms with Crippen molar-refractivity contribution in [3.63, 3.8) is 0 Å². The molecule has 146 valence electrons. The van der Waals surface area contributed by atoms with Crippen LogP contribution in [0.5, 0.6) is 0 Å². The zero-order valence-corrected chi connectivity index (χ0v) is 16.6. The van der Waals surface area contributed by atoms with Crippen LogP contribution in [0.15, 0.2) is 48.5 Å². The molecule has 1 saturated heterocycles. The van der Waals surface area contributed by atoms with E-state index >= 15 is 0 Å². The number of hydrogen-bond donors (Lipinski definition) is 0. The molecule has 6 nitrogen and oxygen atoms in total. The van der Waals surface area contributed by atoms with Crippen molar-refractivity contribution < 1.29 is 14.4 Å². The van der Waals surface area contributed by atoms with Crippen LogP contribution in [-0.2, 0) is 20.9 Å². The Bertz CT molecular complexity index is 901. The van der Waals surface area contributed by atoms with E-state index in [4.69, 9.17) is 11.6 Å². The van der Waals surface area contributed by atoms with Crippen LogP contribution in [0.25, 0.3) is 0 Å². The number of rotatable bonds is 5. The molecule has 1 heterocycles. The van der Waals surface area contributed by atoms with Gasteiger partial charge < -0.3 is 9.80 Å². The van der Waals surface area contributed by atoms with E-state index in [-0.39, 0.29) is 37.5 Å². The van der Waals surface area contributed by atoms with E-state index in [9.17, 15) is 14.4 Å². The lowest BCUT2D eigenvalue weighted by molar-refractivity contribution is -0.139. The van der Waals surface area contributed by atoms with Gasteiger partial charge in [0, 0.05) is 24.2 Å². The van der Waals surface area contributed by atoms with Crippen molar-refractivity contribution in [3.8, 4) is 0 Å². The van der Waals surface area contributed by atoms with Crippen LogP contribution in [0.2, 0.25) is 5.02 Å². The Morgan fingerprint density at radius 2 is 1.82 bits per heavy atom. The number of nitrogens with zero attached hydrogens (tertiary/aromatic N) is 3. The maximum Gasteiger partial charge on any atom is 0.248 e. The van der Waals surface area contributed by atoms with Crippen LogP contribution >= 0.6 is 11.6 Å². The van der Waals surface area contributed by atoms with Crippen molar-refractivity contribution in [2.75, 3.05) is 24.7 Å².